The maximum Gasteiger partial charge on any atom is 0.387 e. The molecule has 0 fully saturated rings. The number of carbonyl (C=O) groups is 2. The van der Waals surface area contributed by atoms with Crippen LogP contribution in [0.3, 0.4) is 0 Å². The van der Waals surface area contributed by atoms with Crippen LogP contribution in [0.25, 0.3) is 0 Å². The first-order chi connectivity index (χ1) is 14.0. The van der Waals surface area contributed by atoms with Gasteiger partial charge < -0.3 is 14.8 Å². The molecule has 0 unspecified atom stereocenters. The molecule has 0 atom stereocenters. The van der Waals surface area contributed by atoms with Gasteiger partial charge in [-0.1, -0.05) is 30.3 Å². The third kappa shape index (κ3) is 5.87. The van der Waals surface area contributed by atoms with Crippen LogP contribution in [0.1, 0.15) is 15.9 Å². The highest BCUT2D eigenvalue weighted by Gasteiger charge is 2.09. The number of hydrogen-bond acceptors (Lipinski definition) is 4. The maximum absolute atomic E-state index is 12.4. The van der Waals surface area contributed by atoms with Gasteiger partial charge in [-0.3, -0.25) is 9.59 Å². The van der Waals surface area contributed by atoms with Crippen molar-refractivity contribution in [2.24, 2.45) is 0 Å². The van der Waals surface area contributed by atoms with Crippen LogP contribution in [0, 0.1) is 0 Å². The number of ether oxygens (including phenoxy) is 2. The molecule has 0 aliphatic carbocycles. The number of rotatable bonds is 8. The summed E-state index contributed by atoms with van der Waals surface area (Å²) >= 11 is 0. The molecule has 0 aliphatic heterocycles. The van der Waals surface area contributed by atoms with Crippen molar-refractivity contribution in [2.75, 3.05) is 11.9 Å². The van der Waals surface area contributed by atoms with Gasteiger partial charge in [-0.25, -0.2) is 0 Å². The van der Waals surface area contributed by atoms with E-state index in [0.717, 1.165) is 0 Å². The monoisotopic (exact) mass is 397 g/mol. The highest BCUT2D eigenvalue weighted by Crippen LogP contribution is 2.18. The second-order valence-corrected chi connectivity index (χ2v) is 5.96. The first-order valence-corrected chi connectivity index (χ1v) is 8.68. The first-order valence-electron chi connectivity index (χ1n) is 8.68. The molecule has 148 valence electrons. The summed E-state index contributed by atoms with van der Waals surface area (Å²) in [6.45, 7) is -3.15. The molecule has 0 spiro atoms. The summed E-state index contributed by atoms with van der Waals surface area (Å²) in [5, 5.41) is 2.58. The quantitative estimate of drug-likeness (QED) is 0.567. The average molecular weight is 397 g/mol. The SMILES string of the molecule is O=C(COc1ccc(C(=O)c2ccccc2)cc1)Nc1ccc(OC(F)F)cc1. The Hall–Kier alpha value is -3.74. The van der Waals surface area contributed by atoms with Gasteiger partial charge in [-0.15, -0.1) is 0 Å². The first kappa shape index (κ1) is 20.0. The minimum absolute atomic E-state index is 0.000566. The zero-order valence-electron chi connectivity index (χ0n) is 15.2. The fourth-order valence-corrected chi connectivity index (χ4v) is 2.52. The molecule has 3 aromatic rings. The topological polar surface area (TPSA) is 64.6 Å². The lowest BCUT2D eigenvalue weighted by Crippen LogP contribution is -2.20. The summed E-state index contributed by atoms with van der Waals surface area (Å²) in [4.78, 5) is 24.3. The molecule has 1 N–H and O–H groups in total. The predicted octanol–water partition coefficient (Wildman–Crippen LogP) is 4.54. The van der Waals surface area contributed by atoms with Crippen molar-refractivity contribution in [3.8, 4) is 11.5 Å². The normalized spacial score (nSPS) is 10.4. The van der Waals surface area contributed by atoms with Gasteiger partial charge in [0.2, 0.25) is 0 Å². The molecule has 0 saturated heterocycles. The number of nitrogens with one attached hydrogen (secondary N) is 1. The van der Waals surface area contributed by atoms with Crippen LogP contribution in [0.5, 0.6) is 11.5 Å². The number of alkyl halides is 2. The lowest BCUT2D eigenvalue weighted by molar-refractivity contribution is -0.118. The van der Waals surface area contributed by atoms with E-state index in [4.69, 9.17) is 4.74 Å². The van der Waals surface area contributed by atoms with Crippen molar-refractivity contribution in [1.82, 2.24) is 0 Å². The molecule has 0 heterocycles. The smallest absolute Gasteiger partial charge is 0.387 e. The molecule has 0 aliphatic rings. The number of amides is 1. The summed E-state index contributed by atoms with van der Waals surface area (Å²) in [6, 6.07) is 20.9. The Bertz CT molecular complexity index is 958. The van der Waals surface area contributed by atoms with Crippen molar-refractivity contribution in [1.29, 1.82) is 0 Å². The number of carbonyl (C=O) groups excluding carboxylic acids is 2. The van der Waals surface area contributed by atoms with Gasteiger partial charge in [0.05, 0.1) is 0 Å². The van der Waals surface area contributed by atoms with Crippen LogP contribution < -0.4 is 14.8 Å². The van der Waals surface area contributed by atoms with Gasteiger partial charge in [0.15, 0.2) is 12.4 Å². The number of benzene rings is 3. The molecule has 7 heteroatoms. The third-order valence-electron chi connectivity index (χ3n) is 3.89. The summed E-state index contributed by atoms with van der Waals surface area (Å²) in [6.07, 6.45) is 0. The predicted molar refractivity (Wildman–Crippen MR) is 104 cm³/mol. The summed E-state index contributed by atoms with van der Waals surface area (Å²) in [5.74, 6) is -0.0871. The zero-order chi connectivity index (χ0) is 20.6. The average Bonchev–Trinajstić information content (AvgIpc) is 2.74. The Morgan fingerprint density at radius 1 is 0.793 bits per heavy atom. The van der Waals surface area contributed by atoms with E-state index in [1.54, 1.807) is 48.5 Å². The molecule has 0 saturated carbocycles. The van der Waals surface area contributed by atoms with Gasteiger partial charge in [-0.2, -0.15) is 8.78 Å². The zero-order valence-corrected chi connectivity index (χ0v) is 15.2. The minimum Gasteiger partial charge on any atom is -0.484 e. The van der Waals surface area contributed by atoms with Gasteiger partial charge >= 0.3 is 6.61 Å². The number of anilines is 1. The van der Waals surface area contributed by atoms with E-state index >= 15 is 0 Å². The minimum atomic E-state index is -2.90. The Balaban J connectivity index is 1.50. The van der Waals surface area contributed by atoms with E-state index in [1.807, 2.05) is 6.07 Å². The highest BCUT2D eigenvalue weighted by molar-refractivity contribution is 6.09. The van der Waals surface area contributed by atoms with Crippen molar-refractivity contribution in [3.63, 3.8) is 0 Å². The number of ketones is 1. The van der Waals surface area contributed by atoms with Crippen molar-refractivity contribution >= 4 is 17.4 Å². The van der Waals surface area contributed by atoms with Crippen LogP contribution in [-0.4, -0.2) is 24.9 Å². The van der Waals surface area contributed by atoms with Crippen LogP contribution in [-0.2, 0) is 4.79 Å². The van der Waals surface area contributed by atoms with Crippen molar-refractivity contribution in [3.05, 3.63) is 90.0 Å². The summed E-state index contributed by atoms with van der Waals surface area (Å²) in [5.41, 5.74) is 1.52. The van der Waals surface area contributed by atoms with Crippen LogP contribution in [0.15, 0.2) is 78.9 Å². The fraction of sp³-hybridized carbons (Fsp3) is 0.0909. The lowest BCUT2D eigenvalue weighted by atomic mass is 10.0. The molecular weight excluding hydrogens is 380 g/mol. The van der Waals surface area contributed by atoms with Crippen LogP contribution in [0.4, 0.5) is 14.5 Å². The van der Waals surface area contributed by atoms with Crippen molar-refractivity contribution in [2.45, 2.75) is 6.61 Å². The lowest BCUT2D eigenvalue weighted by Gasteiger charge is -2.09. The van der Waals surface area contributed by atoms with Gasteiger partial charge in [-0.05, 0) is 48.5 Å². The Morgan fingerprint density at radius 2 is 1.38 bits per heavy atom. The molecule has 1 amide bonds. The second kappa shape index (κ2) is 9.45. The highest BCUT2D eigenvalue weighted by atomic mass is 19.3. The maximum atomic E-state index is 12.4. The largest absolute Gasteiger partial charge is 0.484 e. The molecular formula is C22H17F2NO4. The molecule has 5 nitrogen and oxygen atoms in total. The molecule has 0 bridgehead atoms. The van der Waals surface area contributed by atoms with E-state index < -0.39 is 12.5 Å². The van der Waals surface area contributed by atoms with E-state index in [2.05, 4.69) is 10.1 Å². The van der Waals surface area contributed by atoms with Crippen LogP contribution in [0.2, 0.25) is 0 Å². The summed E-state index contributed by atoms with van der Waals surface area (Å²) in [7, 11) is 0. The number of halogens is 2. The van der Waals surface area contributed by atoms with E-state index in [0.29, 0.717) is 22.6 Å². The van der Waals surface area contributed by atoms with E-state index in [1.165, 1.54) is 24.3 Å². The van der Waals surface area contributed by atoms with Gasteiger partial charge in [0, 0.05) is 16.8 Å². The Kier molecular flexibility index (Phi) is 6.52. The molecule has 3 aromatic carbocycles. The third-order valence-corrected chi connectivity index (χ3v) is 3.89. The Labute approximate surface area is 165 Å². The van der Waals surface area contributed by atoms with Crippen molar-refractivity contribution < 1.29 is 27.8 Å². The molecule has 3 rings (SSSR count). The summed E-state index contributed by atoms with van der Waals surface area (Å²) < 4.78 is 33.9. The van der Waals surface area contributed by atoms with E-state index in [-0.39, 0.29) is 18.1 Å². The number of hydrogen-bond donors (Lipinski definition) is 1. The Morgan fingerprint density at radius 3 is 2.00 bits per heavy atom. The van der Waals surface area contributed by atoms with Crippen LogP contribution >= 0.6 is 0 Å². The van der Waals surface area contributed by atoms with E-state index in [9.17, 15) is 18.4 Å². The molecule has 0 radical (unpaired) electrons. The van der Waals surface area contributed by atoms with Gasteiger partial charge in [0.1, 0.15) is 11.5 Å². The molecule has 0 aromatic heterocycles. The second-order valence-electron chi connectivity index (χ2n) is 5.96. The van der Waals surface area contributed by atoms with Gasteiger partial charge in [0.25, 0.3) is 5.91 Å². The fourth-order valence-electron chi connectivity index (χ4n) is 2.52. The standard InChI is InChI=1S/C22H17F2NO4/c23-22(24)29-19-12-8-17(9-13-19)25-20(26)14-28-18-10-6-16(7-11-18)21(27)15-4-2-1-3-5-15/h1-13,22H,14H2,(H,25,26). The molecule has 29 heavy (non-hydrogen) atoms.